The highest BCUT2D eigenvalue weighted by molar-refractivity contribution is 7.92. The second-order valence-corrected chi connectivity index (χ2v) is 9.28. The van der Waals surface area contributed by atoms with Crippen LogP contribution in [0.5, 0.6) is 5.75 Å². The fraction of sp³-hybridized carbons (Fsp3) is 0.455. The zero-order valence-corrected chi connectivity index (χ0v) is 17.8. The summed E-state index contributed by atoms with van der Waals surface area (Å²) in [5, 5.41) is 0. The number of nitrogens with zero attached hydrogens (tertiary/aromatic N) is 1. The molecule has 28 heavy (non-hydrogen) atoms. The summed E-state index contributed by atoms with van der Waals surface area (Å²) in [7, 11) is 0.0422. The standard InChI is InChI=1S/C22H30N2O3S/c1-17-15-20(13-14-22(17)27-3)28(25,26)23-21-12-8-7-9-18(21)16-24(2)19-10-5-4-6-11-19/h7-9,12-15,19,23H,4-6,10-11,16H2,1-3H3. The predicted molar refractivity (Wildman–Crippen MR) is 113 cm³/mol. The summed E-state index contributed by atoms with van der Waals surface area (Å²) >= 11 is 0. The van der Waals surface area contributed by atoms with Crippen LogP contribution in [0.1, 0.15) is 43.2 Å². The van der Waals surface area contributed by atoms with E-state index < -0.39 is 10.0 Å². The van der Waals surface area contributed by atoms with Gasteiger partial charge in [0.25, 0.3) is 10.0 Å². The molecule has 1 saturated carbocycles. The van der Waals surface area contributed by atoms with Crippen molar-refractivity contribution < 1.29 is 13.2 Å². The van der Waals surface area contributed by atoms with Gasteiger partial charge in [-0.25, -0.2) is 8.42 Å². The van der Waals surface area contributed by atoms with E-state index in [4.69, 9.17) is 4.74 Å². The molecule has 1 aliphatic carbocycles. The van der Waals surface area contributed by atoms with E-state index in [1.807, 2.05) is 31.2 Å². The molecule has 0 aromatic heterocycles. The Morgan fingerprint density at radius 1 is 1.11 bits per heavy atom. The van der Waals surface area contributed by atoms with Gasteiger partial charge in [0.05, 0.1) is 17.7 Å². The molecule has 2 aromatic carbocycles. The number of para-hydroxylation sites is 1. The van der Waals surface area contributed by atoms with Gasteiger partial charge in [0.2, 0.25) is 0 Å². The number of nitrogens with one attached hydrogen (secondary N) is 1. The highest BCUT2D eigenvalue weighted by Gasteiger charge is 2.21. The van der Waals surface area contributed by atoms with E-state index in [0.717, 1.165) is 17.7 Å². The number of aryl methyl sites for hydroxylation is 1. The van der Waals surface area contributed by atoms with Gasteiger partial charge in [-0.1, -0.05) is 37.5 Å². The monoisotopic (exact) mass is 402 g/mol. The maximum absolute atomic E-state index is 12.9. The van der Waals surface area contributed by atoms with E-state index in [9.17, 15) is 8.42 Å². The van der Waals surface area contributed by atoms with Crippen molar-refractivity contribution in [2.75, 3.05) is 18.9 Å². The fourth-order valence-corrected chi connectivity index (χ4v) is 5.08. The Kier molecular flexibility index (Phi) is 6.62. The number of sulfonamides is 1. The van der Waals surface area contributed by atoms with Crippen LogP contribution in [-0.2, 0) is 16.6 Å². The van der Waals surface area contributed by atoms with Crippen LogP contribution in [0, 0.1) is 6.92 Å². The number of rotatable bonds is 7. The maximum Gasteiger partial charge on any atom is 0.261 e. The summed E-state index contributed by atoms with van der Waals surface area (Å²) in [6, 6.07) is 13.1. The van der Waals surface area contributed by atoms with E-state index in [0.29, 0.717) is 17.5 Å². The minimum absolute atomic E-state index is 0.237. The van der Waals surface area contributed by atoms with E-state index in [1.165, 1.54) is 32.1 Å². The van der Waals surface area contributed by atoms with E-state index in [-0.39, 0.29) is 4.90 Å². The van der Waals surface area contributed by atoms with Gasteiger partial charge < -0.3 is 4.74 Å². The third-order valence-corrected chi connectivity index (χ3v) is 6.92. The Labute approximate surface area is 168 Å². The Morgan fingerprint density at radius 2 is 1.82 bits per heavy atom. The van der Waals surface area contributed by atoms with Gasteiger partial charge in [-0.05, 0) is 62.2 Å². The fourth-order valence-electron chi connectivity index (χ4n) is 3.90. The van der Waals surface area contributed by atoms with Crippen molar-refractivity contribution in [2.24, 2.45) is 0 Å². The van der Waals surface area contributed by atoms with E-state index in [1.54, 1.807) is 25.3 Å². The third kappa shape index (κ3) is 4.86. The molecule has 0 atom stereocenters. The first kappa shape index (κ1) is 20.7. The quantitative estimate of drug-likeness (QED) is 0.737. The van der Waals surface area contributed by atoms with Crippen molar-refractivity contribution in [3.05, 3.63) is 53.6 Å². The van der Waals surface area contributed by atoms with Gasteiger partial charge in [-0.15, -0.1) is 0 Å². The van der Waals surface area contributed by atoms with Gasteiger partial charge >= 0.3 is 0 Å². The zero-order valence-electron chi connectivity index (χ0n) is 16.9. The number of methoxy groups -OCH3 is 1. The number of hydrogen-bond donors (Lipinski definition) is 1. The van der Waals surface area contributed by atoms with Crippen LogP contribution < -0.4 is 9.46 Å². The summed E-state index contributed by atoms with van der Waals surface area (Å²) in [6.45, 7) is 2.57. The Bertz CT molecular complexity index is 906. The molecule has 0 unspecified atom stereocenters. The van der Waals surface area contributed by atoms with Gasteiger partial charge in [0.1, 0.15) is 5.75 Å². The summed E-state index contributed by atoms with van der Waals surface area (Å²) in [4.78, 5) is 2.59. The van der Waals surface area contributed by atoms with Crippen LogP contribution in [0.25, 0.3) is 0 Å². The first-order chi connectivity index (χ1) is 13.4. The number of hydrogen-bond acceptors (Lipinski definition) is 4. The lowest BCUT2D eigenvalue weighted by Crippen LogP contribution is -2.33. The summed E-state index contributed by atoms with van der Waals surface area (Å²) in [5.41, 5.74) is 2.42. The van der Waals surface area contributed by atoms with Crippen molar-refractivity contribution in [3.8, 4) is 5.75 Å². The van der Waals surface area contributed by atoms with Gasteiger partial charge in [0.15, 0.2) is 0 Å². The largest absolute Gasteiger partial charge is 0.496 e. The average molecular weight is 403 g/mol. The molecule has 0 heterocycles. The number of benzene rings is 2. The molecule has 1 aliphatic rings. The minimum atomic E-state index is -3.67. The first-order valence-electron chi connectivity index (χ1n) is 9.86. The highest BCUT2D eigenvalue weighted by Crippen LogP contribution is 2.27. The second kappa shape index (κ2) is 8.97. The van der Waals surface area contributed by atoms with Crippen LogP contribution >= 0.6 is 0 Å². The molecule has 152 valence electrons. The van der Waals surface area contributed by atoms with Gasteiger partial charge in [-0.3, -0.25) is 9.62 Å². The number of anilines is 1. The topological polar surface area (TPSA) is 58.6 Å². The van der Waals surface area contributed by atoms with E-state index >= 15 is 0 Å². The van der Waals surface area contributed by atoms with Crippen molar-refractivity contribution >= 4 is 15.7 Å². The molecule has 6 heteroatoms. The lowest BCUT2D eigenvalue weighted by Gasteiger charge is -2.31. The van der Waals surface area contributed by atoms with Crippen LogP contribution in [0.4, 0.5) is 5.69 Å². The molecule has 1 fully saturated rings. The molecule has 1 N–H and O–H groups in total. The summed E-state index contributed by atoms with van der Waals surface area (Å²) in [5.74, 6) is 0.674. The third-order valence-electron chi connectivity index (χ3n) is 5.56. The SMILES string of the molecule is COc1ccc(S(=O)(=O)Nc2ccccc2CN(C)C2CCCCC2)cc1C. The molecule has 0 radical (unpaired) electrons. The molecule has 0 amide bonds. The maximum atomic E-state index is 12.9. The zero-order chi connectivity index (χ0) is 20.1. The molecular formula is C22H30N2O3S. The lowest BCUT2D eigenvalue weighted by molar-refractivity contribution is 0.185. The molecule has 0 aliphatic heterocycles. The van der Waals surface area contributed by atoms with Gasteiger partial charge in [0, 0.05) is 12.6 Å². The minimum Gasteiger partial charge on any atom is -0.496 e. The van der Waals surface area contributed by atoms with Crippen LogP contribution in [0.15, 0.2) is 47.4 Å². The molecule has 0 spiro atoms. The Balaban J connectivity index is 1.79. The summed E-state index contributed by atoms with van der Waals surface area (Å²) < 4.78 is 33.9. The normalized spacial score (nSPS) is 15.6. The van der Waals surface area contributed by atoms with Crippen LogP contribution in [-0.4, -0.2) is 33.5 Å². The highest BCUT2D eigenvalue weighted by atomic mass is 32.2. The first-order valence-corrected chi connectivity index (χ1v) is 11.3. The molecule has 2 aromatic rings. The van der Waals surface area contributed by atoms with Crippen molar-refractivity contribution in [1.29, 1.82) is 0 Å². The second-order valence-electron chi connectivity index (χ2n) is 7.60. The van der Waals surface area contributed by atoms with Crippen molar-refractivity contribution in [1.82, 2.24) is 4.90 Å². The predicted octanol–water partition coefficient (Wildman–Crippen LogP) is 4.57. The Hall–Kier alpha value is -2.05. The average Bonchev–Trinajstić information content (AvgIpc) is 2.70. The van der Waals surface area contributed by atoms with Crippen LogP contribution in [0.3, 0.4) is 0 Å². The molecule has 0 saturated heterocycles. The van der Waals surface area contributed by atoms with Crippen LogP contribution in [0.2, 0.25) is 0 Å². The smallest absolute Gasteiger partial charge is 0.261 e. The lowest BCUT2D eigenvalue weighted by atomic mass is 9.94. The van der Waals surface area contributed by atoms with Gasteiger partial charge in [-0.2, -0.15) is 0 Å². The molecule has 0 bridgehead atoms. The molecule has 5 nitrogen and oxygen atoms in total. The molecule has 3 rings (SSSR count). The summed E-state index contributed by atoms with van der Waals surface area (Å²) in [6.07, 6.45) is 6.31. The number of ether oxygens (including phenoxy) is 1. The van der Waals surface area contributed by atoms with Crippen molar-refractivity contribution in [2.45, 2.75) is 56.5 Å². The van der Waals surface area contributed by atoms with E-state index in [2.05, 4.69) is 16.7 Å². The molecular weight excluding hydrogens is 372 g/mol. The Morgan fingerprint density at radius 3 is 2.50 bits per heavy atom. The van der Waals surface area contributed by atoms with Crippen molar-refractivity contribution in [3.63, 3.8) is 0 Å².